The summed E-state index contributed by atoms with van der Waals surface area (Å²) < 4.78 is 15.9. The number of nitrogens with one attached hydrogen (secondary N) is 1. The smallest absolute Gasteiger partial charge is 0.407 e. The fraction of sp³-hybridized carbons (Fsp3) is 0.588. The van der Waals surface area contributed by atoms with Gasteiger partial charge in [0.05, 0.1) is 0 Å². The molecule has 2 N–H and O–H groups in total. The lowest BCUT2D eigenvalue weighted by atomic mass is 10.1. The van der Waals surface area contributed by atoms with Crippen molar-refractivity contribution in [2.45, 2.75) is 45.4 Å². The average molecular weight is 336 g/mol. The van der Waals surface area contributed by atoms with Crippen LogP contribution in [0.2, 0.25) is 0 Å². The zero-order chi connectivity index (χ0) is 17.3. The molecule has 0 unspecified atom stereocenters. The van der Waals surface area contributed by atoms with Crippen molar-refractivity contribution in [3.05, 3.63) is 17.7 Å². The lowest BCUT2D eigenvalue weighted by Crippen LogP contribution is -2.40. The van der Waals surface area contributed by atoms with Gasteiger partial charge in [-0.15, -0.1) is 0 Å². The first-order valence-electron chi connectivity index (χ1n) is 8.13. The van der Waals surface area contributed by atoms with Crippen LogP contribution < -0.4 is 14.8 Å². The maximum Gasteiger partial charge on any atom is 0.407 e. The molecule has 1 fully saturated rings. The van der Waals surface area contributed by atoms with E-state index in [0.717, 1.165) is 18.5 Å². The Morgan fingerprint density at radius 3 is 2.79 bits per heavy atom. The van der Waals surface area contributed by atoms with Gasteiger partial charge in [0.2, 0.25) is 6.79 Å². The Bertz CT molecular complexity index is 626. The van der Waals surface area contributed by atoms with Gasteiger partial charge < -0.3 is 24.6 Å². The number of likely N-dealkylation sites (tertiary alicyclic amines) is 1. The molecule has 7 heteroatoms. The lowest BCUT2D eigenvalue weighted by Gasteiger charge is -2.22. The highest BCUT2D eigenvalue weighted by Crippen LogP contribution is 2.38. The number of carbonyl (C=O) groups is 1. The number of aromatic hydroxyl groups is 1. The van der Waals surface area contributed by atoms with Crippen LogP contribution >= 0.6 is 0 Å². The van der Waals surface area contributed by atoms with Crippen LogP contribution in [0.15, 0.2) is 12.1 Å². The van der Waals surface area contributed by atoms with Crippen molar-refractivity contribution in [1.29, 1.82) is 0 Å². The van der Waals surface area contributed by atoms with Crippen LogP contribution in [0.1, 0.15) is 32.8 Å². The molecule has 7 nitrogen and oxygen atoms in total. The van der Waals surface area contributed by atoms with Gasteiger partial charge in [-0.1, -0.05) is 0 Å². The van der Waals surface area contributed by atoms with E-state index in [4.69, 9.17) is 14.2 Å². The summed E-state index contributed by atoms with van der Waals surface area (Å²) in [6, 6.07) is 3.45. The number of amides is 1. The topological polar surface area (TPSA) is 80.3 Å². The van der Waals surface area contributed by atoms with E-state index >= 15 is 0 Å². The highest BCUT2D eigenvalue weighted by Gasteiger charge is 2.27. The van der Waals surface area contributed by atoms with Gasteiger partial charge in [0, 0.05) is 37.3 Å². The van der Waals surface area contributed by atoms with Gasteiger partial charge in [-0.2, -0.15) is 0 Å². The molecule has 1 aromatic carbocycles. The van der Waals surface area contributed by atoms with Gasteiger partial charge in [-0.05, 0) is 33.3 Å². The normalized spacial score (nSPS) is 20.2. The molecule has 24 heavy (non-hydrogen) atoms. The van der Waals surface area contributed by atoms with E-state index in [-0.39, 0.29) is 24.7 Å². The summed E-state index contributed by atoms with van der Waals surface area (Å²) in [6.07, 6.45) is 0.463. The first-order valence-corrected chi connectivity index (χ1v) is 8.13. The third kappa shape index (κ3) is 4.03. The fourth-order valence-electron chi connectivity index (χ4n) is 2.91. The third-order valence-electron chi connectivity index (χ3n) is 3.96. The molecule has 0 radical (unpaired) electrons. The van der Waals surface area contributed by atoms with Crippen LogP contribution in [0.5, 0.6) is 17.2 Å². The average Bonchev–Trinajstić information content (AvgIpc) is 3.06. The summed E-state index contributed by atoms with van der Waals surface area (Å²) in [7, 11) is 0. The Kier molecular flexibility index (Phi) is 4.45. The molecule has 2 aliphatic rings. The number of phenols is 1. The number of rotatable bonds is 3. The summed E-state index contributed by atoms with van der Waals surface area (Å²) in [4.78, 5) is 14.0. The number of ether oxygens (including phenoxy) is 3. The molecule has 1 aromatic rings. The van der Waals surface area contributed by atoms with Gasteiger partial charge in [0.1, 0.15) is 11.4 Å². The van der Waals surface area contributed by atoms with Crippen LogP contribution in [0.3, 0.4) is 0 Å². The molecule has 1 amide bonds. The zero-order valence-electron chi connectivity index (χ0n) is 14.3. The molecule has 0 saturated carbocycles. The van der Waals surface area contributed by atoms with E-state index in [1.807, 2.05) is 26.8 Å². The SMILES string of the molecule is CC(C)(C)OC(=O)N[C@@H]1CCN(Cc2cc3c(cc2O)OCO3)C1. The Balaban J connectivity index is 1.54. The predicted octanol–water partition coefficient (Wildman–Crippen LogP) is 2.22. The summed E-state index contributed by atoms with van der Waals surface area (Å²) >= 11 is 0. The highest BCUT2D eigenvalue weighted by molar-refractivity contribution is 5.68. The Hall–Kier alpha value is -2.15. The molecular formula is C17H24N2O5. The second-order valence-electron chi connectivity index (χ2n) is 7.20. The predicted molar refractivity (Wildman–Crippen MR) is 87.3 cm³/mol. The maximum absolute atomic E-state index is 11.8. The van der Waals surface area contributed by atoms with Gasteiger partial charge in [0.15, 0.2) is 11.5 Å². The quantitative estimate of drug-likeness (QED) is 0.881. The zero-order valence-corrected chi connectivity index (χ0v) is 14.3. The summed E-state index contributed by atoms with van der Waals surface area (Å²) in [5.74, 6) is 1.43. The van der Waals surface area contributed by atoms with Crippen LogP contribution in [-0.2, 0) is 11.3 Å². The van der Waals surface area contributed by atoms with Gasteiger partial charge >= 0.3 is 6.09 Å². The van der Waals surface area contributed by atoms with Gasteiger partial charge in [-0.3, -0.25) is 4.90 Å². The first-order chi connectivity index (χ1) is 11.3. The van der Waals surface area contributed by atoms with E-state index in [2.05, 4.69) is 10.2 Å². The Labute approximate surface area is 141 Å². The largest absolute Gasteiger partial charge is 0.507 e. The van der Waals surface area contributed by atoms with Crippen LogP contribution in [0.4, 0.5) is 4.79 Å². The van der Waals surface area contributed by atoms with Crippen molar-refractivity contribution in [3.63, 3.8) is 0 Å². The van der Waals surface area contributed by atoms with Crippen molar-refractivity contribution in [2.75, 3.05) is 19.9 Å². The minimum atomic E-state index is -0.499. The van der Waals surface area contributed by atoms with Gasteiger partial charge in [0.25, 0.3) is 0 Å². The number of alkyl carbamates (subject to hydrolysis) is 1. The molecule has 3 rings (SSSR count). The van der Waals surface area contributed by atoms with E-state index in [0.29, 0.717) is 24.6 Å². The van der Waals surface area contributed by atoms with Crippen molar-refractivity contribution < 1.29 is 24.1 Å². The summed E-state index contributed by atoms with van der Waals surface area (Å²) in [5, 5.41) is 13.0. The number of benzene rings is 1. The number of nitrogens with zero attached hydrogens (tertiary/aromatic N) is 1. The highest BCUT2D eigenvalue weighted by atomic mass is 16.7. The number of fused-ring (bicyclic) bond motifs is 1. The molecule has 2 heterocycles. The molecule has 0 aromatic heterocycles. The summed E-state index contributed by atoms with van der Waals surface area (Å²) in [5.41, 5.74) is 0.290. The Morgan fingerprint density at radius 1 is 1.38 bits per heavy atom. The first kappa shape index (κ1) is 16.7. The molecule has 132 valence electrons. The number of phenolic OH excluding ortho intramolecular Hbond substituents is 1. The van der Waals surface area contributed by atoms with E-state index < -0.39 is 5.60 Å². The molecule has 0 spiro atoms. The van der Waals surface area contributed by atoms with Crippen LogP contribution in [0, 0.1) is 0 Å². The van der Waals surface area contributed by atoms with Gasteiger partial charge in [-0.25, -0.2) is 4.79 Å². The number of hydrogen-bond donors (Lipinski definition) is 2. The lowest BCUT2D eigenvalue weighted by molar-refractivity contribution is 0.0505. The second kappa shape index (κ2) is 6.39. The van der Waals surface area contributed by atoms with Crippen molar-refractivity contribution in [2.24, 2.45) is 0 Å². The minimum absolute atomic E-state index is 0.0519. The number of carbonyl (C=O) groups excluding carboxylic acids is 1. The van der Waals surface area contributed by atoms with Crippen LogP contribution in [-0.4, -0.2) is 47.6 Å². The molecule has 0 bridgehead atoms. The van der Waals surface area contributed by atoms with Crippen molar-refractivity contribution >= 4 is 6.09 Å². The number of hydrogen-bond acceptors (Lipinski definition) is 6. The van der Waals surface area contributed by atoms with Crippen LogP contribution in [0.25, 0.3) is 0 Å². The van der Waals surface area contributed by atoms with E-state index in [1.165, 1.54) is 0 Å². The van der Waals surface area contributed by atoms with E-state index in [1.54, 1.807) is 6.07 Å². The molecule has 1 atom stereocenters. The standard InChI is InChI=1S/C17H24N2O5/c1-17(2,3)24-16(21)18-12-4-5-19(9-12)8-11-6-14-15(7-13(11)20)23-10-22-14/h6-7,12,20H,4-5,8-10H2,1-3H3,(H,18,21)/t12-/m1/s1. The monoisotopic (exact) mass is 336 g/mol. The maximum atomic E-state index is 11.8. The molecule has 1 saturated heterocycles. The van der Waals surface area contributed by atoms with Crippen molar-refractivity contribution in [3.8, 4) is 17.2 Å². The minimum Gasteiger partial charge on any atom is -0.507 e. The van der Waals surface area contributed by atoms with Crippen molar-refractivity contribution in [1.82, 2.24) is 10.2 Å². The molecule has 0 aliphatic carbocycles. The molecule has 2 aliphatic heterocycles. The molecular weight excluding hydrogens is 312 g/mol. The summed E-state index contributed by atoms with van der Waals surface area (Å²) in [6.45, 7) is 7.86. The fourth-order valence-corrected chi connectivity index (χ4v) is 2.91. The third-order valence-corrected chi connectivity index (χ3v) is 3.96. The van der Waals surface area contributed by atoms with E-state index in [9.17, 15) is 9.90 Å². The second-order valence-corrected chi connectivity index (χ2v) is 7.20. The Morgan fingerprint density at radius 2 is 2.08 bits per heavy atom.